The molecule has 4 nitrogen and oxygen atoms in total. The largest absolute Gasteiger partial charge is 0.455 e. The number of furan rings is 1. The van der Waals surface area contributed by atoms with E-state index < -0.39 is 0 Å². The molecule has 142 valence electrons. The van der Waals surface area contributed by atoms with Gasteiger partial charge in [0, 0.05) is 16.2 Å². The van der Waals surface area contributed by atoms with Crippen molar-refractivity contribution in [3.63, 3.8) is 0 Å². The monoisotopic (exact) mass is 412 g/mol. The van der Waals surface area contributed by atoms with E-state index >= 15 is 0 Å². The normalized spacial score (nSPS) is 11.1. The first kappa shape index (κ1) is 18.8. The Balaban J connectivity index is 1.40. The summed E-state index contributed by atoms with van der Waals surface area (Å²) in [6.07, 6.45) is 2.03. The SMILES string of the molecule is CSc1ccc(-c2noc(-c3ccc(CSCc4ccccc4F)o3)n2)cc1. The Morgan fingerprint density at radius 1 is 0.964 bits per heavy atom. The Kier molecular flexibility index (Phi) is 5.83. The molecule has 2 aromatic carbocycles. The van der Waals surface area contributed by atoms with Crippen molar-refractivity contribution in [3.8, 4) is 23.0 Å². The molecule has 0 saturated heterocycles. The van der Waals surface area contributed by atoms with Crippen molar-refractivity contribution in [2.75, 3.05) is 6.26 Å². The molecule has 4 rings (SSSR count). The highest BCUT2D eigenvalue weighted by atomic mass is 32.2. The summed E-state index contributed by atoms with van der Waals surface area (Å²) in [5.41, 5.74) is 1.58. The van der Waals surface area contributed by atoms with Crippen LogP contribution in [0.2, 0.25) is 0 Å². The minimum absolute atomic E-state index is 0.181. The van der Waals surface area contributed by atoms with Gasteiger partial charge in [-0.1, -0.05) is 23.4 Å². The molecule has 2 aromatic heterocycles. The van der Waals surface area contributed by atoms with Gasteiger partial charge in [0.2, 0.25) is 5.82 Å². The van der Waals surface area contributed by atoms with Crippen LogP contribution >= 0.6 is 23.5 Å². The molecule has 4 aromatic rings. The van der Waals surface area contributed by atoms with Crippen LogP contribution in [-0.4, -0.2) is 16.4 Å². The second-order valence-electron chi connectivity index (χ2n) is 6.00. The van der Waals surface area contributed by atoms with Crippen molar-refractivity contribution in [1.82, 2.24) is 10.1 Å². The van der Waals surface area contributed by atoms with E-state index in [0.29, 0.717) is 34.5 Å². The number of benzene rings is 2. The maximum Gasteiger partial charge on any atom is 0.293 e. The van der Waals surface area contributed by atoms with Crippen molar-refractivity contribution >= 4 is 23.5 Å². The smallest absolute Gasteiger partial charge is 0.293 e. The molecule has 0 bridgehead atoms. The first-order valence-corrected chi connectivity index (χ1v) is 11.0. The summed E-state index contributed by atoms with van der Waals surface area (Å²) < 4.78 is 24.8. The lowest BCUT2D eigenvalue weighted by atomic mass is 10.2. The van der Waals surface area contributed by atoms with Crippen molar-refractivity contribution in [2.45, 2.75) is 16.4 Å². The Hall–Kier alpha value is -2.51. The Morgan fingerprint density at radius 3 is 2.57 bits per heavy atom. The predicted octanol–water partition coefficient (Wildman–Crippen LogP) is 6.29. The topological polar surface area (TPSA) is 52.1 Å². The van der Waals surface area contributed by atoms with Gasteiger partial charge in [-0.05, 0) is 54.3 Å². The third kappa shape index (κ3) is 4.31. The second kappa shape index (κ2) is 8.67. The van der Waals surface area contributed by atoms with Crippen molar-refractivity contribution in [2.24, 2.45) is 0 Å². The molecule has 28 heavy (non-hydrogen) atoms. The van der Waals surface area contributed by atoms with Crippen LogP contribution in [0.4, 0.5) is 4.39 Å². The maximum absolute atomic E-state index is 13.7. The fraction of sp³-hybridized carbons (Fsp3) is 0.143. The van der Waals surface area contributed by atoms with Crippen LogP contribution in [0.3, 0.4) is 0 Å². The van der Waals surface area contributed by atoms with Crippen LogP contribution in [0.1, 0.15) is 11.3 Å². The molecule has 0 amide bonds. The van der Waals surface area contributed by atoms with E-state index in [1.165, 1.54) is 11.0 Å². The van der Waals surface area contributed by atoms with Crippen molar-refractivity contribution in [1.29, 1.82) is 0 Å². The maximum atomic E-state index is 13.7. The Bertz CT molecular complexity index is 1060. The molecule has 0 fully saturated rings. The average molecular weight is 413 g/mol. The van der Waals surface area contributed by atoms with Gasteiger partial charge < -0.3 is 8.94 Å². The fourth-order valence-electron chi connectivity index (χ4n) is 2.63. The van der Waals surface area contributed by atoms with Gasteiger partial charge >= 0.3 is 0 Å². The van der Waals surface area contributed by atoms with Crippen molar-refractivity contribution in [3.05, 3.63) is 77.8 Å². The number of halogens is 1. The van der Waals surface area contributed by atoms with E-state index in [2.05, 4.69) is 10.1 Å². The lowest BCUT2D eigenvalue weighted by molar-refractivity contribution is 0.413. The summed E-state index contributed by atoms with van der Waals surface area (Å²) in [5, 5.41) is 4.04. The van der Waals surface area contributed by atoms with E-state index in [1.54, 1.807) is 35.7 Å². The molecule has 2 heterocycles. The molecule has 0 radical (unpaired) electrons. The fourth-order valence-corrected chi connectivity index (χ4v) is 3.95. The molecule has 0 aliphatic carbocycles. The van der Waals surface area contributed by atoms with E-state index in [1.807, 2.05) is 48.7 Å². The summed E-state index contributed by atoms with van der Waals surface area (Å²) in [6, 6.07) is 18.5. The predicted molar refractivity (Wildman–Crippen MR) is 111 cm³/mol. The highest BCUT2D eigenvalue weighted by Gasteiger charge is 2.14. The summed E-state index contributed by atoms with van der Waals surface area (Å²) in [7, 11) is 0. The summed E-state index contributed by atoms with van der Waals surface area (Å²) in [4.78, 5) is 5.60. The molecule has 0 N–H and O–H groups in total. The lowest BCUT2D eigenvalue weighted by Crippen LogP contribution is -1.86. The molecular formula is C21H17FN2O2S2. The van der Waals surface area contributed by atoms with Gasteiger partial charge in [-0.15, -0.1) is 23.5 Å². The van der Waals surface area contributed by atoms with Crippen molar-refractivity contribution < 1.29 is 13.3 Å². The van der Waals surface area contributed by atoms with E-state index in [-0.39, 0.29) is 5.82 Å². The molecule has 0 unspecified atom stereocenters. The molecule has 0 aliphatic rings. The number of aromatic nitrogens is 2. The zero-order valence-electron chi connectivity index (χ0n) is 15.1. The molecule has 7 heteroatoms. The van der Waals surface area contributed by atoms with E-state index in [0.717, 1.165) is 11.3 Å². The Morgan fingerprint density at radius 2 is 1.79 bits per heavy atom. The number of nitrogens with zero attached hydrogens (tertiary/aromatic N) is 2. The minimum Gasteiger partial charge on any atom is -0.455 e. The number of hydrogen-bond acceptors (Lipinski definition) is 6. The average Bonchev–Trinajstić information content (AvgIpc) is 3.39. The highest BCUT2D eigenvalue weighted by molar-refractivity contribution is 7.98. The van der Waals surface area contributed by atoms with E-state index in [9.17, 15) is 4.39 Å². The first-order chi connectivity index (χ1) is 13.7. The third-order valence-corrected chi connectivity index (χ3v) is 5.85. The van der Waals surface area contributed by atoms with Crippen LogP contribution in [0.5, 0.6) is 0 Å². The molecule has 0 atom stereocenters. The van der Waals surface area contributed by atoms with Gasteiger partial charge in [0.25, 0.3) is 5.89 Å². The van der Waals surface area contributed by atoms with Crippen LogP contribution in [0.15, 0.2) is 74.5 Å². The Labute approximate surface area is 170 Å². The van der Waals surface area contributed by atoms with Gasteiger partial charge in [-0.25, -0.2) is 4.39 Å². The third-order valence-electron chi connectivity index (χ3n) is 4.11. The molecule has 0 aliphatic heterocycles. The number of rotatable bonds is 7. The van der Waals surface area contributed by atoms with Gasteiger partial charge in [-0.3, -0.25) is 0 Å². The molecule has 0 spiro atoms. The highest BCUT2D eigenvalue weighted by Crippen LogP contribution is 2.27. The van der Waals surface area contributed by atoms with Crippen LogP contribution < -0.4 is 0 Å². The number of hydrogen-bond donors (Lipinski definition) is 0. The zero-order chi connectivity index (χ0) is 19.3. The first-order valence-electron chi connectivity index (χ1n) is 8.61. The zero-order valence-corrected chi connectivity index (χ0v) is 16.7. The van der Waals surface area contributed by atoms with Gasteiger partial charge in [0.1, 0.15) is 11.6 Å². The standard InChI is InChI=1S/C21H17FN2O2S2/c1-27-17-9-6-14(7-10-17)20-23-21(26-24-20)19-11-8-16(25-19)13-28-12-15-4-2-3-5-18(15)22/h2-11H,12-13H2,1H3. The number of thioether (sulfide) groups is 2. The van der Waals surface area contributed by atoms with Crippen LogP contribution in [-0.2, 0) is 11.5 Å². The van der Waals surface area contributed by atoms with Gasteiger partial charge in [0.15, 0.2) is 5.76 Å². The minimum atomic E-state index is -0.181. The quantitative estimate of drug-likeness (QED) is 0.332. The second-order valence-corrected chi connectivity index (χ2v) is 7.87. The summed E-state index contributed by atoms with van der Waals surface area (Å²) in [6.45, 7) is 0. The van der Waals surface area contributed by atoms with Gasteiger partial charge in [0.05, 0.1) is 5.75 Å². The summed E-state index contributed by atoms with van der Waals surface area (Å²) >= 11 is 3.27. The van der Waals surface area contributed by atoms with Crippen LogP contribution in [0.25, 0.3) is 23.0 Å². The van der Waals surface area contributed by atoms with Crippen LogP contribution in [0, 0.1) is 5.82 Å². The van der Waals surface area contributed by atoms with E-state index in [4.69, 9.17) is 8.94 Å². The molecular weight excluding hydrogens is 395 g/mol. The lowest BCUT2D eigenvalue weighted by Gasteiger charge is -2.01. The summed E-state index contributed by atoms with van der Waals surface area (Å²) in [5.74, 6) is 3.20. The van der Waals surface area contributed by atoms with Gasteiger partial charge in [-0.2, -0.15) is 4.98 Å². The molecule has 0 saturated carbocycles.